The summed E-state index contributed by atoms with van der Waals surface area (Å²) in [6.07, 6.45) is 0. The van der Waals surface area contributed by atoms with E-state index < -0.39 is 0 Å². The SMILES string of the molecule is COc1cc(CNCc2cccs2)cc(Cl)c1OC.[Cl-]. The van der Waals surface area contributed by atoms with Crippen molar-refractivity contribution in [1.29, 1.82) is 0 Å². The third-order valence-corrected chi connectivity index (χ3v) is 3.86. The largest absolute Gasteiger partial charge is 1.00 e. The summed E-state index contributed by atoms with van der Waals surface area (Å²) < 4.78 is 10.5. The summed E-state index contributed by atoms with van der Waals surface area (Å²) >= 11 is 7.90. The lowest BCUT2D eigenvalue weighted by Gasteiger charge is -2.12. The minimum Gasteiger partial charge on any atom is -1.00 e. The van der Waals surface area contributed by atoms with E-state index in [4.69, 9.17) is 21.1 Å². The molecule has 6 heteroatoms. The summed E-state index contributed by atoms with van der Waals surface area (Å²) in [5.74, 6) is 1.23. The average Bonchev–Trinajstić information content (AvgIpc) is 2.91. The van der Waals surface area contributed by atoms with Gasteiger partial charge in [-0.15, -0.1) is 11.3 Å². The Morgan fingerprint density at radius 2 is 2.00 bits per heavy atom. The van der Waals surface area contributed by atoms with Gasteiger partial charge >= 0.3 is 0 Å². The van der Waals surface area contributed by atoms with E-state index in [1.807, 2.05) is 12.1 Å². The van der Waals surface area contributed by atoms with E-state index in [2.05, 4.69) is 22.8 Å². The average molecular weight is 333 g/mol. The van der Waals surface area contributed by atoms with Crippen molar-refractivity contribution < 1.29 is 21.9 Å². The van der Waals surface area contributed by atoms with Crippen molar-refractivity contribution in [3.63, 3.8) is 0 Å². The third kappa shape index (κ3) is 4.28. The molecular formula is C14H16Cl2NO2S-. The molecule has 0 aliphatic rings. The maximum atomic E-state index is 6.16. The molecule has 0 atom stereocenters. The van der Waals surface area contributed by atoms with E-state index in [-0.39, 0.29) is 12.4 Å². The topological polar surface area (TPSA) is 30.5 Å². The predicted octanol–water partition coefficient (Wildman–Crippen LogP) is 0.712. The number of hydrogen-bond donors (Lipinski definition) is 1. The van der Waals surface area contributed by atoms with Crippen LogP contribution in [0.2, 0.25) is 5.02 Å². The molecule has 0 fully saturated rings. The second-order valence-corrected chi connectivity index (χ2v) is 5.44. The predicted molar refractivity (Wildman–Crippen MR) is 79.4 cm³/mol. The van der Waals surface area contributed by atoms with Gasteiger partial charge in [0.1, 0.15) is 0 Å². The molecule has 1 aromatic carbocycles. The van der Waals surface area contributed by atoms with Crippen LogP contribution in [0.5, 0.6) is 11.5 Å². The molecule has 1 heterocycles. The lowest BCUT2D eigenvalue weighted by molar-refractivity contribution is -0.00000426. The lowest BCUT2D eigenvalue weighted by atomic mass is 10.2. The summed E-state index contributed by atoms with van der Waals surface area (Å²) in [7, 11) is 3.19. The molecule has 0 amide bonds. The molecule has 1 aromatic heterocycles. The van der Waals surface area contributed by atoms with Gasteiger partial charge in [0.05, 0.1) is 19.2 Å². The van der Waals surface area contributed by atoms with Gasteiger partial charge in [0, 0.05) is 18.0 Å². The van der Waals surface area contributed by atoms with E-state index in [9.17, 15) is 0 Å². The first kappa shape index (κ1) is 17.1. The Balaban J connectivity index is 0.00000200. The van der Waals surface area contributed by atoms with Crippen molar-refractivity contribution >= 4 is 22.9 Å². The number of methoxy groups -OCH3 is 2. The zero-order chi connectivity index (χ0) is 13.7. The highest BCUT2D eigenvalue weighted by Crippen LogP contribution is 2.35. The van der Waals surface area contributed by atoms with Crippen LogP contribution in [0.1, 0.15) is 10.4 Å². The highest BCUT2D eigenvalue weighted by atomic mass is 35.5. The molecule has 0 radical (unpaired) electrons. The number of hydrogen-bond acceptors (Lipinski definition) is 4. The molecule has 3 nitrogen and oxygen atoms in total. The number of halogens is 2. The van der Waals surface area contributed by atoms with Crippen LogP contribution in [0.25, 0.3) is 0 Å². The normalized spacial score (nSPS) is 9.95. The second-order valence-electron chi connectivity index (χ2n) is 4.00. The van der Waals surface area contributed by atoms with E-state index in [0.29, 0.717) is 16.5 Å². The molecular weight excluding hydrogens is 317 g/mol. The lowest BCUT2D eigenvalue weighted by Crippen LogP contribution is -3.00. The first-order chi connectivity index (χ1) is 9.24. The molecule has 0 unspecified atom stereocenters. The highest BCUT2D eigenvalue weighted by Gasteiger charge is 2.10. The molecule has 110 valence electrons. The van der Waals surface area contributed by atoms with Crippen LogP contribution < -0.4 is 27.2 Å². The van der Waals surface area contributed by atoms with Crippen LogP contribution in [0.4, 0.5) is 0 Å². The fourth-order valence-corrected chi connectivity index (χ4v) is 2.80. The fourth-order valence-electron chi connectivity index (χ4n) is 1.82. The molecule has 2 rings (SSSR count). The molecule has 0 saturated carbocycles. The quantitative estimate of drug-likeness (QED) is 0.845. The Labute approximate surface area is 134 Å². The molecule has 0 aliphatic heterocycles. The maximum absolute atomic E-state index is 6.16. The summed E-state index contributed by atoms with van der Waals surface area (Å²) in [6, 6.07) is 7.99. The summed E-state index contributed by atoms with van der Waals surface area (Å²) in [4.78, 5) is 1.31. The van der Waals surface area contributed by atoms with Crippen LogP contribution in [0.15, 0.2) is 29.6 Å². The van der Waals surface area contributed by atoms with Gasteiger partial charge in [-0.1, -0.05) is 17.7 Å². The first-order valence-electron chi connectivity index (χ1n) is 5.88. The molecule has 0 bridgehead atoms. The zero-order valence-corrected chi connectivity index (χ0v) is 13.6. The zero-order valence-electron chi connectivity index (χ0n) is 11.3. The number of rotatable bonds is 6. The van der Waals surface area contributed by atoms with Crippen LogP contribution in [0.3, 0.4) is 0 Å². The van der Waals surface area contributed by atoms with Crippen LogP contribution >= 0.6 is 22.9 Å². The van der Waals surface area contributed by atoms with Gasteiger partial charge in [-0.2, -0.15) is 0 Å². The molecule has 20 heavy (non-hydrogen) atoms. The van der Waals surface area contributed by atoms with E-state index in [0.717, 1.165) is 18.7 Å². The Bertz CT molecular complexity index is 532. The number of benzene rings is 1. The van der Waals surface area contributed by atoms with Gasteiger partial charge < -0.3 is 27.2 Å². The smallest absolute Gasteiger partial charge is 0.179 e. The molecule has 0 spiro atoms. The Kier molecular flexibility index (Phi) is 7.16. The summed E-state index contributed by atoms with van der Waals surface area (Å²) in [6.45, 7) is 1.58. The van der Waals surface area contributed by atoms with Crippen molar-refractivity contribution in [2.24, 2.45) is 0 Å². The minimum atomic E-state index is 0. The van der Waals surface area contributed by atoms with Crippen LogP contribution in [-0.4, -0.2) is 14.2 Å². The Morgan fingerprint density at radius 1 is 1.20 bits per heavy atom. The monoisotopic (exact) mass is 332 g/mol. The minimum absolute atomic E-state index is 0. The van der Waals surface area contributed by atoms with Crippen molar-refractivity contribution in [3.8, 4) is 11.5 Å². The van der Waals surface area contributed by atoms with Gasteiger partial charge in [0.2, 0.25) is 0 Å². The summed E-state index contributed by atoms with van der Waals surface area (Å²) in [5, 5.41) is 6.01. The number of thiophene rings is 1. The summed E-state index contributed by atoms with van der Waals surface area (Å²) in [5.41, 5.74) is 1.07. The molecule has 0 saturated heterocycles. The van der Waals surface area contributed by atoms with Crippen molar-refractivity contribution in [1.82, 2.24) is 5.32 Å². The van der Waals surface area contributed by atoms with E-state index >= 15 is 0 Å². The maximum Gasteiger partial charge on any atom is 0.179 e. The van der Waals surface area contributed by atoms with E-state index in [1.54, 1.807) is 25.6 Å². The molecule has 0 aliphatic carbocycles. The van der Waals surface area contributed by atoms with Crippen molar-refractivity contribution in [2.75, 3.05) is 14.2 Å². The van der Waals surface area contributed by atoms with Gasteiger partial charge in [-0.05, 0) is 29.1 Å². The number of ether oxygens (including phenoxy) is 2. The van der Waals surface area contributed by atoms with Crippen molar-refractivity contribution in [2.45, 2.75) is 13.1 Å². The van der Waals surface area contributed by atoms with E-state index in [1.165, 1.54) is 4.88 Å². The first-order valence-corrected chi connectivity index (χ1v) is 7.14. The Hall–Kier alpha value is -0.940. The van der Waals surface area contributed by atoms with Gasteiger partial charge in [0.15, 0.2) is 11.5 Å². The van der Waals surface area contributed by atoms with Crippen LogP contribution in [-0.2, 0) is 13.1 Å². The van der Waals surface area contributed by atoms with Crippen molar-refractivity contribution in [3.05, 3.63) is 45.1 Å². The molecule has 2 aromatic rings. The van der Waals surface area contributed by atoms with Crippen LogP contribution in [0, 0.1) is 0 Å². The standard InChI is InChI=1S/C14H16ClNO2S.ClH/c1-17-13-7-10(6-12(15)14(13)18-2)8-16-9-11-4-3-5-19-11;/h3-7,16H,8-9H2,1-2H3;1H/p-1. The highest BCUT2D eigenvalue weighted by molar-refractivity contribution is 7.09. The number of nitrogens with one attached hydrogen (secondary N) is 1. The Morgan fingerprint density at radius 3 is 2.60 bits per heavy atom. The second kappa shape index (κ2) is 8.37. The molecule has 1 N–H and O–H groups in total. The van der Waals surface area contributed by atoms with Gasteiger partial charge in [-0.25, -0.2) is 0 Å². The third-order valence-electron chi connectivity index (χ3n) is 2.70. The van der Waals surface area contributed by atoms with Gasteiger partial charge in [-0.3, -0.25) is 0 Å². The van der Waals surface area contributed by atoms with Gasteiger partial charge in [0.25, 0.3) is 0 Å². The fraction of sp³-hybridized carbons (Fsp3) is 0.286.